The van der Waals surface area contributed by atoms with Crippen molar-refractivity contribution in [2.75, 3.05) is 6.61 Å². The molecule has 0 saturated carbocycles. The maximum atomic E-state index is 11.2. The Bertz CT molecular complexity index is 225. The third-order valence-electron chi connectivity index (χ3n) is 3.15. The standard InChI is InChI=1S/C11H18O3/c1-3-4-5-6-11(10(12)13)7-8-14-9(11)2/h3,9H,1,4-8H2,2H3,(H,12,13). The molecule has 2 unspecified atom stereocenters. The summed E-state index contributed by atoms with van der Waals surface area (Å²) in [6.07, 6.45) is 4.75. The number of hydrogen-bond donors (Lipinski definition) is 1. The van der Waals surface area contributed by atoms with Crippen LogP contribution in [0.25, 0.3) is 0 Å². The molecule has 1 rings (SSSR count). The van der Waals surface area contributed by atoms with Crippen molar-refractivity contribution in [3.63, 3.8) is 0 Å². The van der Waals surface area contributed by atoms with E-state index in [0.717, 1.165) is 12.8 Å². The fraction of sp³-hybridized carbons (Fsp3) is 0.727. The van der Waals surface area contributed by atoms with Gasteiger partial charge in [-0.15, -0.1) is 6.58 Å². The molecule has 0 radical (unpaired) electrons. The summed E-state index contributed by atoms with van der Waals surface area (Å²) in [5.74, 6) is -0.716. The van der Waals surface area contributed by atoms with Gasteiger partial charge in [-0.3, -0.25) is 4.79 Å². The fourth-order valence-corrected chi connectivity index (χ4v) is 2.06. The zero-order valence-corrected chi connectivity index (χ0v) is 8.66. The van der Waals surface area contributed by atoms with E-state index in [1.807, 2.05) is 13.0 Å². The second-order valence-electron chi connectivity index (χ2n) is 3.91. The minimum Gasteiger partial charge on any atom is -0.481 e. The molecular weight excluding hydrogens is 180 g/mol. The van der Waals surface area contributed by atoms with Crippen LogP contribution in [-0.2, 0) is 9.53 Å². The number of hydrogen-bond acceptors (Lipinski definition) is 2. The third kappa shape index (κ3) is 1.98. The molecular formula is C11H18O3. The Morgan fingerprint density at radius 2 is 2.50 bits per heavy atom. The maximum Gasteiger partial charge on any atom is 0.312 e. The molecule has 0 aromatic heterocycles. The van der Waals surface area contributed by atoms with Crippen molar-refractivity contribution in [1.29, 1.82) is 0 Å². The highest BCUT2D eigenvalue weighted by Gasteiger charge is 2.47. The van der Waals surface area contributed by atoms with Gasteiger partial charge in [0, 0.05) is 6.61 Å². The summed E-state index contributed by atoms with van der Waals surface area (Å²) in [6, 6.07) is 0. The van der Waals surface area contributed by atoms with Gasteiger partial charge in [-0.25, -0.2) is 0 Å². The van der Waals surface area contributed by atoms with Crippen molar-refractivity contribution in [2.24, 2.45) is 5.41 Å². The van der Waals surface area contributed by atoms with Crippen LogP contribution in [0.1, 0.15) is 32.6 Å². The van der Waals surface area contributed by atoms with Crippen LogP contribution >= 0.6 is 0 Å². The maximum absolute atomic E-state index is 11.2. The molecule has 2 atom stereocenters. The Morgan fingerprint density at radius 3 is 2.93 bits per heavy atom. The molecule has 3 heteroatoms. The molecule has 0 amide bonds. The molecule has 80 valence electrons. The summed E-state index contributed by atoms with van der Waals surface area (Å²) in [7, 11) is 0. The highest BCUT2D eigenvalue weighted by Crippen LogP contribution is 2.39. The molecule has 0 aromatic rings. The number of carboxylic acid groups (broad SMARTS) is 1. The number of aliphatic carboxylic acids is 1. The quantitative estimate of drug-likeness (QED) is 0.544. The number of unbranched alkanes of at least 4 members (excludes halogenated alkanes) is 1. The van der Waals surface area contributed by atoms with Crippen molar-refractivity contribution >= 4 is 5.97 Å². The zero-order valence-electron chi connectivity index (χ0n) is 8.66. The first-order valence-electron chi connectivity index (χ1n) is 5.09. The van der Waals surface area contributed by atoms with Gasteiger partial charge in [0.1, 0.15) is 0 Å². The van der Waals surface area contributed by atoms with Crippen molar-refractivity contribution in [1.82, 2.24) is 0 Å². The van der Waals surface area contributed by atoms with E-state index in [1.54, 1.807) is 0 Å². The van der Waals surface area contributed by atoms with E-state index in [0.29, 0.717) is 19.4 Å². The molecule has 0 spiro atoms. The van der Waals surface area contributed by atoms with Crippen LogP contribution in [0.15, 0.2) is 12.7 Å². The summed E-state index contributed by atoms with van der Waals surface area (Å²) < 4.78 is 5.35. The van der Waals surface area contributed by atoms with Crippen molar-refractivity contribution < 1.29 is 14.6 Å². The number of ether oxygens (including phenoxy) is 1. The lowest BCUT2D eigenvalue weighted by Crippen LogP contribution is -2.37. The van der Waals surface area contributed by atoms with Gasteiger partial charge in [0.05, 0.1) is 11.5 Å². The van der Waals surface area contributed by atoms with Crippen LogP contribution in [0.4, 0.5) is 0 Å². The first-order valence-corrected chi connectivity index (χ1v) is 5.09. The molecule has 1 heterocycles. The Morgan fingerprint density at radius 1 is 1.79 bits per heavy atom. The molecule has 1 fully saturated rings. The Balaban J connectivity index is 2.62. The Labute approximate surface area is 84.8 Å². The van der Waals surface area contributed by atoms with E-state index in [-0.39, 0.29) is 6.10 Å². The van der Waals surface area contributed by atoms with E-state index in [4.69, 9.17) is 4.74 Å². The van der Waals surface area contributed by atoms with Gasteiger partial charge in [0.2, 0.25) is 0 Å². The van der Waals surface area contributed by atoms with E-state index >= 15 is 0 Å². The summed E-state index contributed by atoms with van der Waals surface area (Å²) in [5.41, 5.74) is -0.650. The van der Waals surface area contributed by atoms with Crippen LogP contribution in [0.3, 0.4) is 0 Å². The van der Waals surface area contributed by atoms with Gasteiger partial charge in [-0.2, -0.15) is 0 Å². The smallest absolute Gasteiger partial charge is 0.312 e. The van der Waals surface area contributed by atoms with Gasteiger partial charge >= 0.3 is 5.97 Å². The van der Waals surface area contributed by atoms with E-state index in [2.05, 4.69) is 6.58 Å². The van der Waals surface area contributed by atoms with Gasteiger partial charge < -0.3 is 9.84 Å². The van der Waals surface area contributed by atoms with Crippen LogP contribution in [-0.4, -0.2) is 23.8 Å². The average Bonchev–Trinajstić information content (AvgIpc) is 2.49. The summed E-state index contributed by atoms with van der Waals surface area (Å²) >= 11 is 0. The Hall–Kier alpha value is -0.830. The predicted octanol–water partition coefficient (Wildman–Crippen LogP) is 2.22. The van der Waals surface area contributed by atoms with Crippen LogP contribution in [0.5, 0.6) is 0 Å². The molecule has 1 saturated heterocycles. The molecule has 0 aromatic carbocycles. The minimum absolute atomic E-state index is 0.162. The number of carbonyl (C=O) groups is 1. The largest absolute Gasteiger partial charge is 0.481 e. The predicted molar refractivity (Wildman–Crippen MR) is 54.1 cm³/mol. The molecule has 1 aliphatic heterocycles. The van der Waals surface area contributed by atoms with Gasteiger partial charge in [-0.1, -0.05) is 6.08 Å². The number of rotatable bonds is 5. The molecule has 0 bridgehead atoms. The van der Waals surface area contributed by atoms with E-state index in [1.165, 1.54) is 0 Å². The second-order valence-corrected chi connectivity index (χ2v) is 3.91. The normalized spacial score (nSPS) is 31.6. The monoisotopic (exact) mass is 198 g/mol. The van der Waals surface area contributed by atoms with Crippen molar-refractivity contribution in [2.45, 2.75) is 38.7 Å². The van der Waals surface area contributed by atoms with Gasteiger partial charge in [-0.05, 0) is 32.6 Å². The van der Waals surface area contributed by atoms with Crippen molar-refractivity contribution in [3.8, 4) is 0 Å². The van der Waals surface area contributed by atoms with Gasteiger partial charge in [0.15, 0.2) is 0 Å². The van der Waals surface area contributed by atoms with E-state index < -0.39 is 11.4 Å². The van der Waals surface area contributed by atoms with E-state index in [9.17, 15) is 9.90 Å². The minimum atomic E-state index is -0.716. The summed E-state index contributed by atoms with van der Waals surface area (Å²) in [6.45, 7) is 6.06. The lowest BCUT2D eigenvalue weighted by Gasteiger charge is -2.27. The molecule has 1 N–H and O–H groups in total. The highest BCUT2D eigenvalue weighted by atomic mass is 16.5. The number of carboxylic acids is 1. The third-order valence-corrected chi connectivity index (χ3v) is 3.15. The lowest BCUT2D eigenvalue weighted by atomic mass is 9.77. The lowest BCUT2D eigenvalue weighted by molar-refractivity contribution is -0.152. The van der Waals surface area contributed by atoms with Gasteiger partial charge in [0.25, 0.3) is 0 Å². The molecule has 14 heavy (non-hydrogen) atoms. The summed E-state index contributed by atoms with van der Waals surface area (Å²) in [4.78, 5) is 11.2. The molecule has 1 aliphatic rings. The first kappa shape index (κ1) is 11.2. The summed E-state index contributed by atoms with van der Waals surface area (Å²) in [5, 5.41) is 9.23. The Kier molecular flexibility index (Phi) is 3.69. The molecule has 0 aliphatic carbocycles. The van der Waals surface area contributed by atoms with Crippen molar-refractivity contribution in [3.05, 3.63) is 12.7 Å². The topological polar surface area (TPSA) is 46.5 Å². The fourth-order valence-electron chi connectivity index (χ4n) is 2.06. The molecule has 3 nitrogen and oxygen atoms in total. The van der Waals surface area contributed by atoms with Crippen LogP contribution in [0, 0.1) is 5.41 Å². The number of allylic oxidation sites excluding steroid dienone is 1. The van der Waals surface area contributed by atoms with Crippen LogP contribution in [0.2, 0.25) is 0 Å². The van der Waals surface area contributed by atoms with Crippen LogP contribution < -0.4 is 0 Å². The first-order chi connectivity index (χ1) is 6.63. The highest BCUT2D eigenvalue weighted by molar-refractivity contribution is 5.75. The average molecular weight is 198 g/mol. The zero-order chi connectivity index (χ0) is 10.6. The SMILES string of the molecule is C=CCCCC1(C(=O)O)CCOC1C. The second kappa shape index (κ2) is 4.60.